The summed E-state index contributed by atoms with van der Waals surface area (Å²) in [5, 5.41) is 0. The molecular weight excluding hydrogens is 250 g/mol. The van der Waals surface area contributed by atoms with Crippen molar-refractivity contribution in [3.8, 4) is 5.75 Å². The van der Waals surface area contributed by atoms with Gasteiger partial charge in [-0.1, -0.05) is 12.1 Å². The number of rotatable bonds is 4. The Morgan fingerprint density at radius 3 is 2.75 bits per heavy atom. The molecule has 0 radical (unpaired) electrons. The number of ether oxygens (including phenoxy) is 1. The first-order chi connectivity index (χ1) is 9.63. The van der Waals surface area contributed by atoms with Crippen molar-refractivity contribution < 1.29 is 4.74 Å². The highest BCUT2D eigenvalue weighted by Crippen LogP contribution is 2.36. The number of likely N-dealkylation sites (N-methyl/N-ethyl adjacent to an activating group) is 1. The highest BCUT2D eigenvalue weighted by molar-refractivity contribution is 5.59. The Bertz CT molecular complexity index is 437. The van der Waals surface area contributed by atoms with Gasteiger partial charge in [0.15, 0.2) is 0 Å². The molecule has 0 aliphatic carbocycles. The molecule has 4 heteroatoms. The summed E-state index contributed by atoms with van der Waals surface area (Å²) in [6.07, 6.45) is 3.41. The van der Waals surface area contributed by atoms with Crippen LogP contribution >= 0.6 is 0 Å². The normalized spacial score (nSPS) is 24.2. The van der Waals surface area contributed by atoms with Crippen LogP contribution in [0, 0.1) is 0 Å². The Labute approximate surface area is 122 Å². The maximum Gasteiger partial charge on any atom is 0.142 e. The quantitative estimate of drug-likeness (QED) is 0.913. The predicted molar refractivity (Wildman–Crippen MR) is 84.5 cm³/mol. The SMILES string of the molecule is COc1ccccc1N(C)C1(CN)CCCN(C)CC1. The molecule has 2 rings (SSSR count). The minimum atomic E-state index is 0.0272. The number of para-hydroxylation sites is 2. The lowest BCUT2D eigenvalue weighted by molar-refractivity contribution is 0.322. The van der Waals surface area contributed by atoms with Crippen LogP contribution in [-0.2, 0) is 0 Å². The van der Waals surface area contributed by atoms with E-state index in [1.807, 2.05) is 12.1 Å². The van der Waals surface area contributed by atoms with E-state index < -0.39 is 0 Å². The molecule has 0 saturated carbocycles. The zero-order chi connectivity index (χ0) is 14.6. The van der Waals surface area contributed by atoms with E-state index in [1.165, 1.54) is 6.42 Å². The van der Waals surface area contributed by atoms with E-state index in [9.17, 15) is 0 Å². The minimum Gasteiger partial charge on any atom is -0.495 e. The molecule has 0 aromatic heterocycles. The standard InChI is InChI=1S/C16H27N3O/c1-18-11-6-9-16(13-17,10-12-18)19(2)14-7-4-5-8-15(14)20-3/h4-5,7-8H,6,9-13,17H2,1-3H3. The second-order valence-corrected chi connectivity index (χ2v) is 5.82. The topological polar surface area (TPSA) is 41.7 Å². The first kappa shape index (κ1) is 15.1. The first-order valence-electron chi connectivity index (χ1n) is 7.38. The first-order valence-corrected chi connectivity index (χ1v) is 7.38. The molecule has 4 nitrogen and oxygen atoms in total. The second kappa shape index (κ2) is 6.46. The zero-order valence-corrected chi connectivity index (χ0v) is 12.9. The highest BCUT2D eigenvalue weighted by atomic mass is 16.5. The number of anilines is 1. The molecule has 1 heterocycles. The number of likely N-dealkylation sites (tertiary alicyclic amines) is 1. The number of hydrogen-bond acceptors (Lipinski definition) is 4. The van der Waals surface area contributed by atoms with E-state index in [4.69, 9.17) is 10.5 Å². The number of nitrogens with two attached hydrogens (primary N) is 1. The molecule has 0 spiro atoms. The van der Waals surface area contributed by atoms with Crippen molar-refractivity contribution >= 4 is 5.69 Å². The Kier molecular flexibility index (Phi) is 4.89. The maximum atomic E-state index is 6.18. The molecule has 1 unspecified atom stereocenters. The Hall–Kier alpha value is -1.26. The lowest BCUT2D eigenvalue weighted by atomic mass is 9.88. The van der Waals surface area contributed by atoms with Crippen LogP contribution < -0.4 is 15.4 Å². The lowest BCUT2D eigenvalue weighted by Crippen LogP contribution is -2.53. The molecule has 1 aromatic rings. The largest absolute Gasteiger partial charge is 0.495 e. The van der Waals surface area contributed by atoms with E-state index in [-0.39, 0.29) is 5.54 Å². The van der Waals surface area contributed by atoms with Crippen molar-refractivity contribution in [2.45, 2.75) is 24.8 Å². The Morgan fingerprint density at radius 1 is 1.30 bits per heavy atom. The monoisotopic (exact) mass is 277 g/mol. The van der Waals surface area contributed by atoms with Crippen LogP contribution in [0.5, 0.6) is 5.75 Å². The molecule has 1 aromatic carbocycles. The molecule has 20 heavy (non-hydrogen) atoms. The van der Waals surface area contributed by atoms with Crippen molar-refractivity contribution in [2.75, 3.05) is 45.7 Å². The number of nitrogens with zero attached hydrogens (tertiary/aromatic N) is 2. The number of methoxy groups -OCH3 is 1. The van der Waals surface area contributed by atoms with Gasteiger partial charge in [-0.3, -0.25) is 0 Å². The molecule has 112 valence electrons. The zero-order valence-electron chi connectivity index (χ0n) is 12.9. The molecule has 1 aliphatic rings. The van der Waals surface area contributed by atoms with Crippen LogP contribution in [0.15, 0.2) is 24.3 Å². The lowest BCUT2D eigenvalue weighted by Gasteiger charge is -2.42. The number of benzene rings is 1. The molecule has 2 N–H and O–H groups in total. The third-order valence-electron chi connectivity index (χ3n) is 4.68. The summed E-state index contributed by atoms with van der Waals surface area (Å²) < 4.78 is 5.51. The Balaban J connectivity index is 2.30. The molecule has 1 saturated heterocycles. The Morgan fingerprint density at radius 2 is 2.05 bits per heavy atom. The summed E-state index contributed by atoms with van der Waals surface area (Å²) in [6, 6.07) is 8.19. The van der Waals surface area contributed by atoms with Gasteiger partial charge in [-0.05, 0) is 45.0 Å². The summed E-state index contributed by atoms with van der Waals surface area (Å²) in [5.41, 5.74) is 7.34. The van der Waals surface area contributed by atoms with Gasteiger partial charge < -0.3 is 20.3 Å². The van der Waals surface area contributed by atoms with E-state index in [2.05, 4.69) is 36.0 Å². The summed E-state index contributed by atoms with van der Waals surface area (Å²) >= 11 is 0. The van der Waals surface area contributed by atoms with Gasteiger partial charge in [0.05, 0.1) is 18.3 Å². The van der Waals surface area contributed by atoms with Crippen molar-refractivity contribution in [3.63, 3.8) is 0 Å². The van der Waals surface area contributed by atoms with Crippen molar-refractivity contribution in [1.82, 2.24) is 4.90 Å². The third kappa shape index (κ3) is 2.91. The third-order valence-corrected chi connectivity index (χ3v) is 4.68. The molecule has 0 bridgehead atoms. The van der Waals surface area contributed by atoms with Crippen LogP contribution in [-0.4, -0.2) is 51.3 Å². The molecule has 1 fully saturated rings. The summed E-state index contributed by atoms with van der Waals surface area (Å²) in [4.78, 5) is 4.73. The highest BCUT2D eigenvalue weighted by Gasteiger charge is 2.35. The fourth-order valence-electron chi connectivity index (χ4n) is 3.15. The van der Waals surface area contributed by atoms with Crippen LogP contribution in [0.4, 0.5) is 5.69 Å². The summed E-state index contributed by atoms with van der Waals surface area (Å²) in [6.45, 7) is 2.92. The average Bonchev–Trinajstić information content (AvgIpc) is 2.69. The summed E-state index contributed by atoms with van der Waals surface area (Å²) in [7, 11) is 6.06. The minimum absolute atomic E-state index is 0.0272. The van der Waals surface area contributed by atoms with E-state index in [0.717, 1.165) is 37.4 Å². The van der Waals surface area contributed by atoms with Crippen LogP contribution in [0.3, 0.4) is 0 Å². The van der Waals surface area contributed by atoms with Gasteiger partial charge in [-0.15, -0.1) is 0 Å². The number of hydrogen-bond donors (Lipinski definition) is 1. The summed E-state index contributed by atoms with van der Waals surface area (Å²) in [5.74, 6) is 0.917. The van der Waals surface area contributed by atoms with Gasteiger partial charge in [0, 0.05) is 20.1 Å². The average molecular weight is 277 g/mol. The van der Waals surface area contributed by atoms with Gasteiger partial charge >= 0.3 is 0 Å². The smallest absolute Gasteiger partial charge is 0.142 e. The van der Waals surface area contributed by atoms with Crippen molar-refractivity contribution in [1.29, 1.82) is 0 Å². The molecule has 0 amide bonds. The van der Waals surface area contributed by atoms with E-state index in [1.54, 1.807) is 7.11 Å². The van der Waals surface area contributed by atoms with Gasteiger partial charge in [0.2, 0.25) is 0 Å². The molecular formula is C16H27N3O. The van der Waals surface area contributed by atoms with Crippen molar-refractivity contribution in [3.05, 3.63) is 24.3 Å². The van der Waals surface area contributed by atoms with Crippen LogP contribution in [0.2, 0.25) is 0 Å². The van der Waals surface area contributed by atoms with Crippen LogP contribution in [0.1, 0.15) is 19.3 Å². The predicted octanol–water partition coefficient (Wildman–Crippen LogP) is 1.94. The fraction of sp³-hybridized carbons (Fsp3) is 0.625. The molecule has 1 atom stereocenters. The van der Waals surface area contributed by atoms with E-state index in [0.29, 0.717) is 6.54 Å². The maximum absolute atomic E-state index is 6.18. The van der Waals surface area contributed by atoms with Gasteiger partial charge in [0.1, 0.15) is 5.75 Å². The second-order valence-electron chi connectivity index (χ2n) is 5.82. The van der Waals surface area contributed by atoms with Crippen LogP contribution in [0.25, 0.3) is 0 Å². The van der Waals surface area contributed by atoms with Gasteiger partial charge in [-0.25, -0.2) is 0 Å². The molecule has 1 aliphatic heterocycles. The fourth-order valence-corrected chi connectivity index (χ4v) is 3.15. The van der Waals surface area contributed by atoms with Gasteiger partial charge in [0.25, 0.3) is 0 Å². The van der Waals surface area contributed by atoms with Crippen molar-refractivity contribution in [2.24, 2.45) is 5.73 Å². The van der Waals surface area contributed by atoms with Gasteiger partial charge in [-0.2, -0.15) is 0 Å². The van der Waals surface area contributed by atoms with E-state index >= 15 is 0 Å².